The third kappa shape index (κ3) is 4.19. The van der Waals surface area contributed by atoms with Crippen LogP contribution in [0.2, 0.25) is 0 Å². The minimum absolute atomic E-state index is 0. The van der Waals surface area contributed by atoms with Crippen molar-refractivity contribution in [3.05, 3.63) is 29.3 Å². The first-order valence-electron chi connectivity index (χ1n) is 7.42. The Balaban J connectivity index is 0.00000220. The number of sulfonamides is 1. The maximum atomic E-state index is 12.7. The van der Waals surface area contributed by atoms with Gasteiger partial charge in [-0.05, 0) is 49.1 Å². The van der Waals surface area contributed by atoms with Gasteiger partial charge in [0.1, 0.15) is 0 Å². The fourth-order valence-electron chi connectivity index (χ4n) is 2.65. The molecule has 1 aromatic carbocycles. The quantitative estimate of drug-likeness (QED) is 0.919. The average Bonchev–Trinajstić information content (AvgIpc) is 2.76. The van der Waals surface area contributed by atoms with Gasteiger partial charge in [0.2, 0.25) is 10.0 Å². The minimum atomic E-state index is -3.35. The van der Waals surface area contributed by atoms with E-state index in [0.29, 0.717) is 18.0 Å². The molecule has 1 aliphatic heterocycles. The Labute approximate surface area is 134 Å². The van der Waals surface area contributed by atoms with Gasteiger partial charge in [0, 0.05) is 19.6 Å². The van der Waals surface area contributed by atoms with Crippen molar-refractivity contribution < 1.29 is 8.42 Å². The fourth-order valence-corrected chi connectivity index (χ4v) is 4.18. The molecule has 1 aliphatic rings. The molecule has 1 N–H and O–H groups in total. The fraction of sp³-hybridized carbons (Fsp3) is 0.600. The summed E-state index contributed by atoms with van der Waals surface area (Å²) in [5.41, 5.74) is 2.38. The summed E-state index contributed by atoms with van der Waals surface area (Å²) in [7, 11) is -3.35. The number of benzene rings is 1. The van der Waals surface area contributed by atoms with Crippen molar-refractivity contribution in [2.75, 3.05) is 26.2 Å². The van der Waals surface area contributed by atoms with Crippen LogP contribution in [0.3, 0.4) is 0 Å². The van der Waals surface area contributed by atoms with Crippen LogP contribution in [0.4, 0.5) is 0 Å². The van der Waals surface area contributed by atoms with Crippen LogP contribution in [0.5, 0.6) is 0 Å². The summed E-state index contributed by atoms with van der Waals surface area (Å²) >= 11 is 0. The Bertz CT molecular complexity index is 553. The van der Waals surface area contributed by atoms with Gasteiger partial charge in [-0.1, -0.05) is 19.9 Å². The smallest absolute Gasteiger partial charge is 0.243 e. The molecule has 0 saturated carbocycles. The van der Waals surface area contributed by atoms with Crippen LogP contribution in [-0.2, 0) is 22.9 Å². The second-order valence-corrected chi connectivity index (χ2v) is 7.08. The Hall–Kier alpha value is -0.620. The summed E-state index contributed by atoms with van der Waals surface area (Å²) in [4.78, 5) is 0.438. The summed E-state index contributed by atoms with van der Waals surface area (Å²) < 4.78 is 27.0. The van der Waals surface area contributed by atoms with E-state index in [1.165, 1.54) is 5.56 Å². The molecule has 4 nitrogen and oxygen atoms in total. The van der Waals surface area contributed by atoms with Gasteiger partial charge in [-0.2, -0.15) is 4.31 Å². The van der Waals surface area contributed by atoms with E-state index in [2.05, 4.69) is 19.2 Å². The zero-order valence-corrected chi connectivity index (χ0v) is 14.4. The summed E-state index contributed by atoms with van der Waals surface area (Å²) in [6.07, 6.45) is 2.68. The number of nitrogens with zero attached hydrogens (tertiary/aromatic N) is 1. The summed E-state index contributed by atoms with van der Waals surface area (Å²) in [5.74, 6) is 0. The zero-order valence-electron chi connectivity index (χ0n) is 12.8. The van der Waals surface area contributed by atoms with Crippen LogP contribution in [-0.4, -0.2) is 38.9 Å². The van der Waals surface area contributed by atoms with Crippen LogP contribution in [0, 0.1) is 0 Å². The van der Waals surface area contributed by atoms with Gasteiger partial charge >= 0.3 is 0 Å². The predicted octanol–water partition coefficient (Wildman–Crippen LogP) is 2.22. The van der Waals surface area contributed by atoms with Gasteiger partial charge in [-0.15, -0.1) is 12.4 Å². The average molecular weight is 333 g/mol. The molecule has 0 aliphatic carbocycles. The number of halogens is 1. The van der Waals surface area contributed by atoms with Gasteiger partial charge in [-0.25, -0.2) is 8.42 Å². The molecular weight excluding hydrogens is 308 g/mol. The van der Waals surface area contributed by atoms with E-state index in [0.717, 1.165) is 37.9 Å². The highest BCUT2D eigenvalue weighted by Crippen LogP contribution is 2.21. The van der Waals surface area contributed by atoms with Crippen molar-refractivity contribution in [1.82, 2.24) is 9.62 Å². The third-order valence-corrected chi connectivity index (χ3v) is 5.77. The lowest BCUT2D eigenvalue weighted by molar-refractivity contribution is 0.432. The molecule has 21 heavy (non-hydrogen) atoms. The van der Waals surface area contributed by atoms with E-state index < -0.39 is 10.0 Å². The Morgan fingerprint density at radius 3 is 2.48 bits per heavy atom. The molecule has 120 valence electrons. The standard InChI is InChI=1S/C15H24N2O2S.ClH/c1-3-13-6-7-15(12-14(13)4-2)20(18,19)17-10-5-8-16-9-11-17;/h6-7,12,16H,3-5,8-11H2,1-2H3;1H. The summed E-state index contributed by atoms with van der Waals surface area (Å²) in [6.45, 7) is 6.95. The molecule has 0 bridgehead atoms. The van der Waals surface area contributed by atoms with Gasteiger partial charge < -0.3 is 5.32 Å². The number of aryl methyl sites for hydroxylation is 2. The normalized spacial score (nSPS) is 17.0. The molecule has 0 aromatic heterocycles. The number of rotatable bonds is 4. The maximum Gasteiger partial charge on any atom is 0.243 e. The number of hydrogen-bond donors (Lipinski definition) is 1. The van der Waals surface area contributed by atoms with Crippen LogP contribution in [0.15, 0.2) is 23.1 Å². The second kappa shape index (κ2) is 8.13. The summed E-state index contributed by atoms with van der Waals surface area (Å²) in [6, 6.07) is 5.57. The first-order chi connectivity index (χ1) is 9.59. The minimum Gasteiger partial charge on any atom is -0.315 e. The van der Waals surface area contributed by atoms with Crippen molar-refractivity contribution in [2.45, 2.75) is 38.0 Å². The molecule has 1 fully saturated rings. The number of nitrogens with one attached hydrogen (secondary N) is 1. The highest BCUT2D eigenvalue weighted by atomic mass is 35.5. The highest BCUT2D eigenvalue weighted by Gasteiger charge is 2.25. The molecule has 0 unspecified atom stereocenters. The van der Waals surface area contributed by atoms with Crippen molar-refractivity contribution in [2.24, 2.45) is 0 Å². The van der Waals surface area contributed by atoms with Gasteiger partial charge in [-0.3, -0.25) is 0 Å². The molecule has 0 radical (unpaired) electrons. The Morgan fingerprint density at radius 2 is 1.81 bits per heavy atom. The van der Waals surface area contributed by atoms with Crippen LogP contribution in [0.1, 0.15) is 31.4 Å². The van der Waals surface area contributed by atoms with E-state index in [-0.39, 0.29) is 12.4 Å². The van der Waals surface area contributed by atoms with E-state index in [1.54, 1.807) is 10.4 Å². The molecule has 1 aromatic rings. The van der Waals surface area contributed by atoms with Crippen LogP contribution < -0.4 is 5.32 Å². The summed E-state index contributed by atoms with van der Waals surface area (Å²) in [5, 5.41) is 3.24. The lowest BCUT2D eigenvalue weighted by Gasteiger charge is -2.20. The van der Waals surface area contributed by atoms with Crippen molar-refractivity contribution in [3.63, 3.8) is 0 Å². The van der Waals surface area contributed by atoms with Gasteiger partial charge in [0.25, 0.3) is 0 Å². The molecule has 2 rings (SSSR count). The molecular formula is C15H25ClN2O2S. The highest BCUT2D eigenvalue weighted by molar-refractivity contribution is 7.89. The van der Waals surface area contributed by atoms with E-state index >= 15 is 0 Å². The molecule has 0 atom stereocenters. The first kappa shape index (κ1) is 18.4. The largest absolute Gasteiger partial charge is 0.315 e. The van der Waals surface area contributed by atoms with Crippen molar-refractivity contribution in [3.8, 4) is 0 Å². The molecule has 6 heteroatoms. The van der Waals surface area contributed by atoms with Crippen LogP contribution >= 0.6 is 12.4 Å². The van der Waals surface area contributed by atoms with Gasteiger partial charge in [0.05, 0.1) is 4.90 Å². The second-order valence-electron chi connectivity index (χ2n) is 5.15. The lowest BCUT2D eigenvalue weighted by atomic mass is 10.0. The molecule has 1 saturated heterocycles. The Kier molecular flexibility index (Phi) is 7.13. The van der Waals surface area contributed by atoms with E-state index in [1.807, 2.05) is 12.1 Å². The first-order valence-corrected chi connectivity index (χ1v) is 8.86. The van der Waals surface area contributed by atoms with Crippen LogP contribution in [0.25, 0.3) is 0 Å². The van der Waals surface area contributed by atoms with E-state index in [4.69, 9.17) is 0 Å². The van der Waals surface area contributed by atoms with Gasteiger partial charge in [0.15, 0.2) is 0 Å². The van der Waals surface area contributed by atoms with Crippen molar-refractivity contribution >= 4 is 22.4 Å². The SMILES string of the molecule is CCc1ccc(S(=O)(=O)N2CCCNCC2)cc1CC.Cl. The zero-order chi connectivity index (χ0) is 14.6. The van der Waals surface area contributed by atoms with E-state index in [9.17, 15) is 8.42 Å². The monoisotopic (exact) mass is 332 g/mol. The van der Waals surface area contributed by atoms with Crippen molar-refractivity contribution in [1.29, 1.82) is 0 Å². The third-order valence-electron chi connectivity index (χ3n) is 3.88. The maximum absolute atomic E-state index is 12.7. The molecule has 0 amide bonds. The number of hydrogen-bond acceptors (Lipinski definition) is 3. The lowest BCUT2D eigenvalue weighted by Crippen LogP contribution is -2.34. The predicted molar refractivity (Wildman–Crippen MR) is 88.7 cm³/mol. The molecule has 1 heterocycles. The topological polar surface area (TPSA) is 49.4 Å². The molecule has 0 spiro atoms. The Morgan fingerprint density at radius 1 is 1.10 bits per heavy atom.